The number of aromatic hydroxyl groups is 1. The predicted molar refractivity (Wildman–Crippen MR) is 113 cm³/mol. The summed E-state index contributed by atoms with van der Waals surface area (Å²) in [7, 11) is 0. The van der Waals surface area contributed by atoms with E-state index in [1.54, 1.807) is 18.2 Å². The fourth-order valence-electron chi connectivity index (χ4n) is 6.12. The molecule has 0 bridgehead atoms. The van der Waals surface area contributed by atoms with Crippen molar-refractivity contribution in [1.29, 1.82) is 0 Å². The zero-order valence-corrected chi connectivity index (χ0v) is 18.1. The Hall–Kier alpha value is -1.51. The Bertz CT molecular complexity index is 668. The van der Waals surface area contributed by atoms with E-state index in [0.29, 0.717) is 16.9 Å². The zero-order chi connectivity index (χ0) is 20.3. The molecule has 0 unspecified atom stereocenters. The van der Waals surface area contributed by atoms with Crippen LogP contribution in [0.4, 0.5) is 0 Å². The molecule has 5 atom stereocenters. The van der Waals surface area contributed by atoms with Gasteiger partial charge in [-0.25, -0.2) is 4.79 Å². The van der Waals surface area contributed by atoms with Gasteiger partial charge in [-0.2, -0.15) is 0 Å². The Morgan fingerprint density at radius 2 is 2.00 bits per heavy atom. The Kier molecular flexibility index (Phi) is 6.73. The number of phenolic OH excluding ortho intramolecular Hbond substituents is 1. The minimum atomic E-state index is -0.293. The van der Waals surface area contributed by atoms with E-state index in [1.165, 1.54) is 44.6 Å². The van der Waals surface area contributed by atoms with E-state index in [1.807, 2.05) is 0 Å². The third-order valence-corrected chi connectivity index (χ3v) is 7.60. The molecule has 1 N–H and O–H groups in total. The molecule has 28 heavy (non-hydrogen) atoms. The normalized spacial score (nSPS) is 30.8. The molecular weight excluding hydrogens is 348 g/mol. The molecule has 2 aliphatic rings. The molecule has 0 aromatic heterocycles. The second-order valence-corrected chi connectivity index (χ2v) is 9.98. The lowest BCUT2D eigenvalue weighted by Crippen LogP contribution is -2.43. The molecule has 156 valence electrons. The largest absolute Gasteiger partial charge is 0.508 e. The lowest BCUT2D eigenvalue weighted by Gasteiger charge is -2.46. The maximum atomic E-state index is 12.6. The van der Waals surface area contributed by atoms with E-state index in [2.05, 4.69) is 27.7 Å². The molecule has 0 amide bonds. The first-order valence-electron chi connectivity index (χ1n) is 11.3. The van der Waals surface area contributed by atoms with Gasteiger partial charge in [0, 0.05) is 5.92 Å². The number of rotatable bonds is 7. The van der Waals surface area contributed by atoms with Gasteiger partial charge in [0.2, 0.25) is 0 Å². The highest BCUT2D eigenvalue weighted by Crippen LogP contribution is 2.58. The molecule has 3 heteroatoms. The van der Waals surface area contributed by atoms with E-state index in [0.717, 1.165) is 30.6 Å². The maximum Gasteiger partial charge on any atom is 0.338 e. The fourth-order valence-corrected chi connectivity index (χ4v) is 6.12. The number of carbonyl (C=O) groups excluding carboxylic acids is 1. The van der Waals surface area contributed by atoms with Gasteiger partial charge in [0.05, 0.1) is 5.56 Å². The minimum absolute atomic E-state index is 0.0152. The van der Waals surface area contributed by atoms with Gasteiger partial charge >= 0.3 is 5.97 Å². The number of carbonyl (C=O) groups is 1. The van der Waals surface area contributed by atoms with Crippen molar-refractivity contribution in [2.45, 2.75) is 85.2 Å². The number of esters is 1. The summed E-state index contributed by atoms with van der Waals surface area (Å²) < 4.78 is 6.00. The fraction of sp³-hybridized carbons (Fsp3) is 0.720. The van der Waals surface area contributed by atoms with Crippen molar-refractivity contribution in [2.75, 3.05) is 0 Å². The van der Waals surface area contributed by atoms with E-state index < -0.39 is 0 Å². The molecular formula is C25H38O3. The van der Waals surface area contributed by atoms with Crippen molar-refractivity contribution >= 4 is 5.97 Å². The Labute approximate surface area is 170 Å². The topological polar surface area (TPSA) is 46.5 Å². The monoisotopic (exact) mass is 386 g/mol. The summed E-state index contributed by atoms with van der Waals surface area (Å²) in [6.07, 6.45) is 9.79. The van der Waals surface area contributed by atoms with Gasteiger partial charge in [0.25, 0.3) is 0 Å². The number of fused-ring (bicyclic) bond motifs is 1. The third-order valence-electron chi connectivity index (χ3n) is 7.60. The average molecular weight is 387 g/mol. The summed E-state index contributed by atoms with van der Waals surface area (Å²) in [6.45, 7) is 9.53. The van der Waals surface area contributed by atoms with Crippen LogP contribution in [0.2, 0.25) is 0 Å². The second-order valence-electron chi connectivity index (χ2n) is 9.98. The van der Waals surface area contributed by atoms with Crippen LogP contribution in [0.3, 0.4) is 0 Å². The first-order chi connectivity index (χ1) is 13.3. The predicted octanol–water partition coefficient (Wildman–Crippen LogP) is 6.60. The van der Waals surface area contributed by atoms with Gasteiger partial charge in [-0.05, 0) is 73.5 Å². The van der Waals surface area contributed by atoms with Gasteiger partial charge in [-0.1, -0.05) is 53.0 Å². The number of phenols is 1. The molecule has 2 aliphatic carbocycles. The number of hydrogen-bond donors (Lipinski definition) is 1. The van der Waals surface area contributed by atoms with Crippen LogP contribution in [0, 0.1) is 29.1 Å². The lowest BCUT2D eigenvalue weighted by molar-refractivity contribution is -0.0473. The van der Waals surface area contributed by atoms with Crippen LogP contribution in [0.5, 0.6) is 5.75 Å². The van der Waals surface area contributed by atoms with Crippen molar-refractivity contribution in [3.8, 4) is 5.75 Å². The molecule has 2 saturated carbocycles. The summed E-state index contributed by atoms with van der Waals surface area (Å²) >= 11 is 0. The SMILES string of the molecule is CC(C)CCC[C@@H](C)[C@H]1CC[C@H]2[C@@H](OC(=O)c3cccc(O)c3)CCC[C@]12C. The molecule has 0 heterocycles. The first-order valence-corrected chi connectivity index (χ1v) is 11.3. The number of ether oxygens (including phenoxy) is 1. The van der Waals surface area contributed by atoms with Crippen molar-refractivity contribution in [3.63, 3.8) is 0 Å². The molecule has 1 aromatic rings. The smallest absolute Gasteiger partial charge is 0.338 e. The van der Waals surface area contributed by atoms with Crippen LogP contribution >= 0.6 is 0 Å². The Balaban J connectivity index is 1.65. The lowest BCUT2D eigenvalue weighted by atomic mass is 9.61. The van der Waals surface area contributed by atoms with Crippen LogP contribution in [-0.4, -0.2) is 17.2 Å². The van der Waals surface area contributed by atoms with Gasteiger partial charge in [0.15, 0.2) is 0 Å². The van der Waals surface area contributed by atoms with Crippen molar-refractivity contribution in [1.82, 2.24) is 0 Å². The zero-order valence-electron chi connectivity index (χ0n) is 18.1. The van der Waals surface area contributed by atoms with Crippen molar-refractivity contribution < 1.29 is 14.6 Å². The van der Waals surface area contributed by atoms with Gasteiger partial charge < -0.3 is 9.84 Å². The maximum absolute atomic E-state index is 12.6. The van der Waals surface area contributed by atoms with Crippen LogP contribution in [-0.2, 0) is 4.74 Å². The summed E-state index contributed by atoms with van der Waals surface area (Å²) in [5.41, 5.74) is 0.739. The van der Waals surface area contributed by atoms with Gasteiger partial charge in [-0.3, -0.25) is 0 Å². The van der Waals surface area contributed by atoms with E-state index in [-0.39, 0.29) is 17.8 Å². The number of benzene rings is 1. The first kappa shape index (κ1) is 21.2. The van der Waals surface area contributed by atoms with Crippen molar-refractivity contribution in [3.05, 3.63) is 29.8 Å². The summed E-state index contributed by atoms with van der Waals surface area (Å²) in [6, 6.07) is 6.50. The molecule has 1 aromatic carbocycles. The average Bonchev–Trinajstić information content (AvgIpc) is 2.99. The van der Waals surface area contributed by atoms with E-state index in [9.17, 15) is 9.90 Å². The van der Waals surface area contributed by atoms with Gasteiger partial charge in [0.1, 0.15) is 11.9 Å². The molecule has 0 saturated heterocycles. The minimum Gasteiger partial charge on any atom is -0.508 e. The molecule has 0 radical (unpaired) electrons. The van der Waals surface area contributed by atoms with Crippen molar-refractivity contribution in [2.24, 2.45) is 29.1 Å². The molecule has 0 aliphatic heterocycles. The van der Waals surface area contributed by atoms with Crippen LogP contribution in [0.1, 0.15) is 89.4 Å². The van der Waals surface area contributed by atoms with E-state index >= 15 is 0 Å². The van der Waals surface area contributed by atoms with Crippen LogP contribution in [0.15, 0.2) is 24.3 Å². The highest BCUT2D eigenvalue weighted by atomic mass is 16.5. The standard InChI is InChI=1S/C25H38O3/c1-17(2)8-5-9-18(3)21-13-14-22-23(12-7-15-25(21,22)4)28-24(27)19-10-6-11-20(26)16-19/h6,10-11,16-18,21-23,26H,5,7-9,12-15H2,1-4H3/t18-,21-,22+,23+,25-/m1/s1. The molecule has 3 nitrogen and oxygen atoms in total. The molecule has 0 spiro atoms. The summed E-state index contributed by atoms with van der Waals surface area (Å²) in [5.74, 6) is 2.56. The Morgan fingerprint density at radius 1 is 1.21 bits per heavy atom. The summed E-state index contributed by atoms with van der Waals surface area (Å²) in [5, 5.41) is 9.65. The van der Waals surface area contributed by atoms with Crippen LogP contribution in [0.25, 0.3) is 0 Å². The molecule has 2 fully saturated rings. The second kappa shape index (κ2) is 8.88. The quantitative estimate of drug-likeness (QED) is 0.537. The van der Waals surface area contributed by atoms with E-state index in [4.69, 9.17) is 4.74 Å². The summed E-state index contributed by atoms with van der Waals surface area (Å²) in [4.78, 5) is 12.6. The van der Waals surface area contributed by atoms with Gasteiger partial charge in [-0.15, -0.1) is 0 Å². The van der Waals surface area contributed by atoms with Crippen LogP contribution < -0.4 is 0 Å². The Morgan fingerprint density at radius 3 is 2.71 bits per heavy atom. The highest BCUT2D eigenvalue weighted by Gasteiger charge is 2.53. The number of hydrogen-bond acceptors (Lipinski definition) is 3. The highest BCUT2D eigenvalue weighted by molar-refractivity contribution is 5.89. The third kappa shape index (κ3) is 4.55. The molecule has 3 rings (SSSR count).